The van der Waals surface area contributed by atoms with Gasteiger partial charge in [0.05, 0.1) is 17.4 Å². The summed E-state index contributed by atoms with van der Waals surface area (Å²) < 4.78 is 5.20. The van der Waals surface area contributed by atoms with E-state index in [1.807, 2.05) is 30.3 Å². The minimum absolute atomic E-state index is 0.0583. The van der Waals surface area contributed by atoms with Crippen molar-refractivity contribution in [3.63, 3.8) is 0 Å². The van der Waals surface area contributed by atoms with Gasteiger partial charge in [-0.2, -0.15) is 0 Å². The van der Waals surface area contributed by atoms with Gasteiger partial charge in [-0.05, 0) is 42.9 Å². The predicted octanol–water partition coefficient (Wildman–Crippen LogP) is 3.51. The fourth-order valence-corrected chi connectivity index (χ4v) is 5.10. The zero-order chi connectivity index (χ0) is 21.6. The van der Waals surface area contributed by atoms with Gasteiger partial charge >= 0.3 is 5.97 Å². The van der Waals surface area contributed by atoms with Crippen LogP contribution >= 0.6 is 11.8 Å². The van der Waals surface area contributed by atoms with E-state index in [2.05, 4.69) is 29.6 Å². The number of para-hydroxylation sites is 1. The third-order valence-corrected chi connectivity index (χ3v) is 7.02. The lowest BCUT2D eigenvalue weighted by Crippen LogP contribution is -2.41. The maximum atomic E-state index is 12.5. The molecule has 31 heavy (non-hydrogen) atoms. The molecule has 1 fully saturated rings. The van der Waals surface area contributed by atoms with Gasteiger partial charge < -0.3 is 15.0 Å². The van der Waals surface area contributed by atoms with Gasteiger partial charge in [-0.1, -0.05) is 42.5 Å². The maximum absolute atomic E-state index is 12.5. The average molecular weight is 439 g/mol. The molecule has 2 aromatic carbocycles. The Morgan fingerprint density at radius 3 is 2.52 bits per heavy atom. The molecule has 0 bridgehead atoms. The van der Waals surface area contributed by atoms with E-state index in [1.54, 1.807) is 4.90 Å². The molecule has 2 heterocycles. The molecule has 0 saturated carbocycles. The van der Waals surface area contributed by atoms with Crippen molar-refractivity contribution >= 4 is 35.2 Å². The highest BCUT2D eigenvalue weighted by atomic mass is 32.2. The molecule has 2 aliphatic heterocycles. The Bertz CT molecular complexity index is 942. The number of esters is 1. The van der Waals surface area contributed by atoms with Crippen molar-refractivity contribution in [1.82, 2.24) is 4.90 Å². The number of nitrogens with zero attached hydrogens (tertiary/aromatic N) is 1. The van der Waals surface area contributed by atoms with E-state index in [0.717, 1.165) is 29.8 Å². The summed E-state index contributed by atoms with van der Waals surface area (Å²) in [5.74, 6) is -0.344. The molecule has 2 aromatic rings. The van der Waals surface area contributed by atoms with Crippen LogP contribution in [0.3, 0.4) is 0 Å². The summed E-state index contributed by atoms with van der Waals surface area (Å²) in [6.07, 6.45) is 2.87. The fraction of sp³-hybridized carbons (Fsp3) is 0.375. The van der Waals surface area contributed by atoms with Crippen LogP contribution in [-0.2, 0) is 25.5 Å². The van der Waals surface area contributed by atoms with Gasteiger partial charge in [0.1, 0.15) is 0 Å². The number of thioether (sulfide) groups is 1. The third-order valence-electron chi connectivity index (χ3n) is 5.75. The van der Waals surface area contributed by atoms with Crippen LogP contribution in [0.25, 0.3) is 0 Å². The van der Waals surface area contributed by atoms with Crippen molar-refractivity contribution in [2.45, 2.75) is 35.8 Å². The molecule has 7 heteroatoms. The summed E-state index contributed by atoms with van der Waals surface area (Å²) in [6, 6.07) is 17.9. The number of hydrogen-bond acceptors (Lipinski definition) is 5. The van der Waals surface area contributed by atoms with Gasteiger partial charge in [-0.25, -0.2) is 0 Å². The van der Waals surface area contributed by atoms with Crippen LogP contribution in [0.15, 0.2) is 59.5 Å². The van der Waals surface area contributed by atoms with Gasteiger partial charge in [-0.3, -0.25) is 14.4 Å². The van der Waals surface area contributed by atoms with E-state index >= 15 is 0 Å². The summed E-state index contributed by atoms with van der Waals surface area (Å²) in [6.45, 7) is 1.11. The van der Waals surface area contributed by atoms with E-state index in [9.17, 15) is 14.4 Å². The quantitative estimate of drug-likeness (QED) is 0.699. The molecule has 162 valence electrons. The van der Waals surface area contributed by atoms with Crippen LogP contribution in [-0.4, -0.2) is 47.6 Å². The molecular formula is C24H26N2O4S. The van der Waals surface area contributed by atoms with E-state index in [4.69, 9.17) is 4.74 Å². The molecule has 0 spiro atoms. The molecule has 2 aliphatic rings. The fourth-order valence-electron chi connectivity index (χ4n) is 4.00. The van der Waals surface area contributed by atoms with E-state index in [-0.39, 0.29) is 24.8 Å². The number of fused-ring (bicyclic) bond motifs is 1. The minimum Gasteiger partial charge on any atom is -0.456 e. The Kier molecular flexibility index (Phi) is 6.92. The number of amides is 2. The highest BCUT2D eigenvalue weighted by Gasteiger charge is 2.30. The second-order valence-corrected chi connectivity index (χ2v) is 9.22. The van der Waals surface area contributed by atoms with Crippen LogP contribution in [0.5, 0.6) is 0 Å². The molecule has 4 rings (SSSR count). The molecule has 0 unspecified atom stereocenters. The first kappa shape index (κ1) is 21.4. The summed E-state index contributed by atoms with van der Waals surface area (Å²) in [4.78, 5) is 39.6. The number of carbonyl (C=O) groups excluding carboxylic acids is 3. The number of likely N-dealkylation sites (tertiary alicyclic amines) is 1. The maximum Gasteiger partial charge on any atom is 0.307 e. The number of anilines is 1. The Balaban J connectivity index is 1.19. The molecule has 1 N–H and O–H groups in total. The van der Waals surface area contributed by atoms with Crippen LogP contribution in [0, 0.1) is 5.92 Å². The SMILES string of the molecule is O=C(C[C@H]1Sc2ccccc2NC1=O)OCC(=O)N1CCC(Cc2ccccc2)CC1. The number of benzene rings is 2. The van der Waals surface area contributed by atoms with Gasteiger partial charge in [0, 0.05) is 18.0 Å². The topological polar surface area (TPSA) is 75.7 Å². The molecule has 1 atom stereocenters. The molecule has 0 aromatic heterocycles. The average Bonchev–Trinajstić information content (AvgIpc) is 2.79. The number of carbonyl (C=O) groups is 3. The van der Waals surface area contributed by atoms with Gasteiger partial charge in [0.15, 0.2) is 6.61 Å². The Morgan fingerprint density at radius 1 is 1.03 bits per heavy atom. The molecule has 0 aliphatic carbocycles. The number of rotatable bonds is 6. The molecule has 0 radical (unpaired) electrons. The van der Waals surface area contributed by atoms with Crippen LogP contribution in [0.4, 0.5) is 5.69 Å². The highest BCUT2D eigenvalue weighted by Crippen LogP contribution is 2.36. The van der Waals surface area contributed by atoms with Crippen molar-refractivity contribution < 1.29 is 19.1 Å². The summed E-state index contributed by atoms with van der Waals surface area (Å²) in [7, 11) is 0. The Labute approximate surface area is 186 Å². The smallest absolute Gasteiger partial charge is 0.307 e. The molecule has 1 saturated heterocycles. The van der Waals surface area contributed by atoms with E-state index in [1.165, 1.54) is 17.3 Å². The van der Waals surface area contributed by atoms with Crippen molar-refractivity contribution in [3.05, 3.63) is 60.2 Å². The molecular weight excluding hydrogens is 412 g/mol. The summed E-state index contributed by atoms with van der Waals surface area (Å²) in [5.41, 5.74) is 2.08. The van der Waals surface area contributed by atoms with Gasteiger partial charge in [-0.15, -0.1) is 11.8 Å². The van der Waals surface area contributed by atoms with Crippen LogP contribution < -0.4 is 5.32 Å². The summed E-state index contributed by atoms with van der Waals surface area (Å²) >= 11 is 1.35. The van der Waals surface area contributed by atoms with Gasteiger partial charge in [0.25, 0.3) is 5.91 Å². The first-order chi connectivity index (χ1) is 15.1. The largest absolute Gasteiger partial charge is 0.456 e. The number of nitrogens with one attached hydrogen (secondary N) is 1. The number of piperidine rings is 1. The zero-order valence-corrected chi connectivity index (χ0v) is 18.1. The molecule has 2 amide bonds. The van der Waals surface area contributed by atoms with Crippen LogP contribution in [0.2, 0.25) is 0 Å². The standard InChI is InChI=1S/C24H26N2O4S/c27-22(26-12-10-18(11-13-26)14-17-6-2-1-3-7-17)16-30-23(28)15-21-24(29)25-19-8-4-5-9-20(19)31-21/h1-9,18,21H,10-16H2,(H,25,29)/t21-/m1/s1. The van der Waals surface area contributed by atoms with Crippen molar-refractivity contribution in [3.8, 4) is 0 Å². The Hall–Kier alpha value is -2.80. The number of hydrogen-bond donors (Lipinski definition) is 1. The summed E-state index contributed by atoms with van der Waals surface area (Å²) in [5, 5.41) is 2.26. The third kappa shape index (κ3) is 5.67. The predicted molar refractivity (Wildman–Crippen MR) is 120 cm³/mol. The monoisotopic (exact) mass is 438 g/mol. The lowest BCUT2D eigenvalue weighted by Gasteiger charge is -2.32. The highest BCUT2D eigenvalue weighted by molar-refractivity contribution is 8.01. The van der Waals surface area contributed by atoms with Crippen molar-refractivity contribution in [2.75, 3.05) is 25.0 Å². The second-order valence-electron chi connectivity index (χ2n) is 7.97. The van der Waals surface area contributed by atoms with Crippen molar-refractivity contribution in [2.24, 2.45) is 5.92 Å². The normalized spacial score (nSPS) is 18.8. The lowest BCUT2D eigenvalue weighted by atomic mass is 9.90. The van der Waals surface area contributed by atoms with Crippen molar-refractivity contribution in [1.29, 1.82) is 0 Å². The Morgan fingerprint density at radius 2 is 1.74 bits per heavy atom. The number of ether oxygens (including phenoxy) is 1. The van der Waals surface area contributed by atoms with E-state index < -0.39 is 11.2 Å². The second kappa shape index (κ2) is 10.0. The lowest BCUT2D eigenvalue weighted by molar-refractivity contribution is -0.152. The van der Waals surface area contributed by atoms with E-state index in [0.29, 0.717) is 19.0 Å². The minimum atomic E-state index is -0.550. The first-order valence-corrected chi connectivity index (χ1v) is 11.5. The first-order valence-electron chi connectivity index (χ1n) is 10.6. The van der Waals surface area contributed by atoms with Crippen LogP contribution in [0.1, 0.15) is 24.8 Å². The van der Waals surface area contributed by atoms with Gasteiger partial charge in [0.2, 0.25) is 5.91 Å². The zero-order valence-electron chi connectivity index (χ0n) is 17.3. The molecule has 6 nitrogen and oxygen atoms in total.